The summed E-state index contributed by atoms with van der Waals surface area (Å²) in [6, 6.07) is 6.32. The van der Waals surface area contributed by atoms with E-state index in [1.165, 1.54) is 10.4 Å². The van der Waals surface area contributed by atoms with Crippen molar-refractivity contribution in [3.8, 4) is 0 Å². The second kappa shape index (κ2) is 4.55. The summed E-state index contributed by atoms with van der Waals surface area (Å²) in [7, 11) is 0. The van der Waals surface area contributed by atoms with Gasteiger partial charge in [0.1, 0.15) is 0 Å². The first-order valence-corrected chi connectivity index (χ1v) is 6.60. The first-order valence-electron chi connectivity index (χ1n) is 4.04. The summed E-state index contributed by atoms with van der Waals surface area (Å²) in [6.07, 6.45) is 0. The van der Waals surface area contributed by atoms with Crippen LogP contribution in [0.4, 0.5) is 0 Å². The van der Waals surface area contributed by atoms with E-state index < -0.39 is 0 Å². The zero-order chi connectivity index (χ0) is 9.97. The maximum atomic E-state index is 5.55. The van der Waals surface area contributed by atoms with Gasteiger partial charge in [0.15, 0.2) is 0 Å². The smallest absolute Gasteiger partial charge is 0.0810 e. The van der Waals surface area contributed by atoms with Crippen molar-refractivity contribution in [1.82, 2.24) is 5.43 Å². The van der Waals surface area contributed by atoms with Gasteiger partial charge in [-0.05, 0) is 44.4 Å². The van der Waals surface area contributed by atoms with E-state index in [2.05, 4.69) is 44.2 Å². The Morgan fingerprint density at radius 1 is 1.43 bits per heavy atom. The predicted octanol–water partition coefficient (Wildman–Crippen LogP) is 3.12. The van der Waals surface area contributed by atoms with Gasteiger partial charge in [0.2, 0.25) is 0 Å². The lowest BCUT2D eigenvalue weighted by Gasteiger charge is -2.11. The Kier molecular flexibility index (Phi) is 3.35. The van der Waals surface area contributed by atoms with Crippen LogP contribution in [0.25, 0.3) is 0 Å². The number of thiophene rings is 2. The molecule has 2 heterocycles. The molecule has 0 aliphatic rings. The van der Waals surface area contributed by atoms with Gasteiger partial charge in [-0.1, -0.05) is 6.07 Å². The number of nitrogens with two attached hydrogens (primary N) is 1. The third-order valence-corrected chi connectivity index (χ3v) is 4.38. The number of hydrogen-bond acceptors (Lipinski definition) is 4. The number of hydrogen-bond donors (Lipinski definition) is 2. The number of rotatable bonds is 3. The summed E-state index contributed by atoms with van der Waals surface area (Å²) in [4.78, 5) is 1.23. The molecule has 0 saturated carbocycles. The number of nitrogens with one attached hydrogen (secondary N) is 1. The van der Waals surface area contributed by atoms with E-state index in [0.717, 1.165) is 3.79 Å². The molecule has 2 aromatic heterocycles. The third kappa shape index (κ3) is 2.07. The fourth-order valence-corrected chi connectivity index (χ4v) is 3.29. The van der Waals surface area contributed by atoms with Gasteiger partial charge in [-0.15, -0.1) is 22.7 Å². The largest absolute Gasteiger partial charge is 0.271 e. The molecule has 0 amide bonds. The molecule has 2 nitrogen and oxygen atoms in total. The molecule has 5 heteroatoms. The first kappa shape index (κ1) is 10.3. The summed E-state index contributed by atoms with van der Waals surface area (Å²) in [5, 5.41) is 4.16. The lowest BCUT2D eigenvalue weighted by molar-refractivity contribution is 0.648. The van der Waals surface area contributed by atoms with E-state index in [1.807, 2.05) is 6.07 Å². The molecule has 0 bridgehead atoms. The molecule has 14 heavy (non-hydrogen) atoms. The zero-order valence-corrected chi connectivity index (χ0v) is 10.5. The van der Waals surface area contributed by atoms with Gasteiger partial charge in [-0.2, -0.15) is 0 Å². The van der Waals surface area contributed by atoms with Gasteiger partial charge >= 0.3 is 0 Å². The minimum atomic E-state index is 0.109. The molecule has 2 rings (SSSR count). The molecular weight excluding hydrogens is 280 g/mol. The van der Waals surface area contributed by atoms with Crippen LogP contribution in [-0.4, -0.2) is 0 Å². The number of hydrazine groups is 1. The Morgan fingerprint density at radius 2 is 2.29 bits per heavy atom. The van der Waals surface area contributed by atoms with Gasteiger partial charge in [-0.3, -0.25) is 5.84 Å². The molecule has 0 aromatic carbocycles. The molecule has 0 aliphatic heterocycles. The van der Waals surface area contributed by atoms with Crippen molar-refractivity contribution in [2.24, 2.45) is 5.84 Å². The lowest BCUT2D eigenvalue weighted by Crippen LogP contribution is -2.27. The van der Waals surface area contributed by atoms with Crippen LogP contribution in [0, 0.1) is 0 Å². The Morgan fingerprint density at radius 3 is 2.79 bits per heavy atom. The highest BCUT2D eigenvalue weighted by Gasteiger charge is 2.14. The van der Waals surface area contributed by atoms with E-state index >= 15 is 0 Å². The molecule has 0 spiro atoms. The van der Waals surface area contributed by atoms with Crippen molar-refractivity contribution in [1.29, 1.82) is 0 Å². The number of halogens is 1. The zero-order valence-electron chi connectivity index (χ0n) is 7.24. The summed E-state index contributed by atoms with van der Waals surface area (Å²) < 4.78 is 1.13. The molecule has 2 aromatic rings. The van der Waals surface area contributed by atoms with Crippen LogP contribution in [-0.2, 0) is 0 Å². The fraction of sp³-hybridized carbons (Fsp3) is 0.111. The molecule has 0 fully saturated rings. The van der Waals surface area contributed by atoms with E-state index in [1.54, 1.807) is 22.7 Å². The van der Waals surface area contributed by atoms with Crippen LogP contribution < -0.4 is 11.3 Å². The maximum absolute atomic E-state index is 5.55. The quantitative estimate of drug-likeness (QED) is 0.673. The van der Waals surface area contributed by atoms with Crippen molar-refractivity contribution in [2.45, 2.75) is 6.04 Å². The Balaban J connectivity index is 2.31. The van der Waals surface area contributed by atoms with Gasteiger partial charge < -0.3 is 0 Å². The molecular formula is C9H9BrN2S2. The molecule has 0 saturated heterocycles. The summed E-state index contributed by atoms with van der Waals surface area (Å²) >= 11 is 6.82. The van der Waals surface area contributed by atoms with E-state index in [4.69, 9.17) is 5.84 Å². The third-order valence-electron chi connectivity index (χ3n) is 1.92. The highest BCUT2D eigenvalue weighted by atomic mass is 79.9. The fourth-order valence-electron chi connectivity index (χ4n) is 1.27. The summed E-state index contributed by atoms with van der Waals surface area (Å²) in [5.74, 6) is 5.55. The van der Waals surface area contributed by atoms with Crippen LogP contribution in [0.3, 0.4) is 0 Å². The van der Waals surface area contributed by atoms with Crippen molar-refractivity contribution < 1.29 is 0 Å². The molecule has 0 aliphatic carbocycles. The minimum Gasteiger partial charge on any atom is -0.271 e. The lowest BCUT2D eigenvalue weighted by atomic mass is 10.1. The van der Waals surface area contributed by atoms with Crippen molar-refractivity contribution in [2.75, 3.05) is 0 Å². The first-order chi connectivity index (χ1) is 6.81. The standard InChI is InChI=1S/C9H9BrN2S2/c10-8-4-6(5-14-8)9(12-11)7-2-1-3-13-7/h1-5,9,12H,11H2. The van der Waals surface area contributed by atoms with E-state index in [0.29, 0.717) is 0 Å². The van der Waals surface area contributed by atoms with Crippen LogP contribution in [0.15, 0.2) is 32.7 Å². The van der Waals surface area contributed by atoms with Crippen LogP contribution >= 0.6 is 38.6 Å². The van der Waals surface area contributed by atoms with Crippen molar-refractivity contribution >= 4 is 38.6 Å². The normalized spacial score (nSPS) is 13.0. The average molecular weight is 289 g/mol. The highest BCUT2D eigenvalue weighted by molar-refractivity contribution is 9.11. The van der Waals surface area contributed by atoms with Gasteiger partial charge in [0.25, 0.3) is 0 Å². The molecule has 1 unspecified atom stereocenters. The maximum Gasteiger partial charge on any atom is 0.0810 e. The second-order valence-corrected chi connectivity index (χ2v) is 6.07. The van der Waals surface area contributed by atoms with E-state index in [9.17, 15) is 0 Å². The van der Waals surface area contributed by atoms with Gasteiger partial charge in [0, 0.05) is 4.88 Å². The summed E-state index contributed by atoms with van der Waals surface area (Å²) in [5.41, 5.74) is 4.03. The molecule has 74 valence electrons. The van der Waals surface area contributed by atoms with Crippen molar-refractivity contribution in [3.63, 3.8) is 0 Å². The molecule has 1 atom stereocenters. The van der Waals surface area contributed by atoms with Crippen LogP contribution in [0.1, 0.15) is 16.5 Å². The molecule has 3 N–H and O–H groups in total. The van der Waals surface area contributed by atoms with Crippen LogP contribution in [0.5, 0.6) is 0 Å². The SMILES string of the molecule is NNC(c1csc(Br)c1)c1cccs1. The Labute approximate surface area is 98.9 Å². The topological polar surface area (TPSA) is 38.0 Å². The monoisotopic (exact) mass is 288 g/mol. The highest BCUT2D eigenvalue weighted by Crippen LogP contribution is 2.30. The predicted molar refractivity (Wildman–Crippen MR) is 65.5 cm³/mol. The second-order valence-electron chi connectivity index (χ2n) is 2.80. The minimum absolute atomic E-state index is 0.109. The Hall–Kier alpha value is -0.200. The summed E-state index contributed by atoms with van der Waals surface area (Å²) in [6.45, 7) is 0. The van der Waals surface area contributed by atoms with Gasteiger partial charge in [-0.25, -0.2) is 5.43 Å². The average Bonchev–Trinajstić information content (AvgIpc) is 2.79. The van der Waals surface area contributed by atoms with Crippen molar-refractivity contribution in [3.05, 3.63) is 43.2 Å². The Bertz CT molecular complexity index is 397. The van der Waals surface area contributed by atoms with Gasteiger partial charge in [0.05, 0.1) is 9.83 Å². The van der Waals surface area contributed by atoms with Crippen LogP contribution in [0.2, 0.25) is 0 Å². The molecule has 0 radical (unpaired) electrons. The van der Waals surface area contributed by atoms with E-state index in [-0.39, 0.29) is 6.04 Å².